The second kappa shape index (κ2) is 9.75. The number of ether oxygens (including phenoxy) is 4. The summed E-state index contributed by atoms with van der Waals surface area (Å²) in [4.78, 5) is 12.8. The fourth-order valence-electron chi connectivity index (χ4n) is 3.63. The Balaban J connectivity index is 1.77. The second-order valence-corrected chi connectivity index (χ2v) is 7.05. The molecule has 0 bridgehead atoms. The first-order chi connectivity index (χ1) is 14.5. The van der Waals surface area contributed by atoms with Crippen molar-refractivity contribution >= 4 is 5.91 Å². The van der Waals surface area contributed by atoms with Crippen LogP contribution < -0.4 is 19.5 Å². The molecule has 1 aliphatic rings. The van der Waals surface area contributed by atoms with Crippen molar-refractivity contribution in [1.82, 2.24) is 5.32 Å². The lowest BCUT2D eigenvalue weighted by Gasteiger charge is -2.38. The van der Waals surface area contributed by atoms with Crippen LogP contribution in [0.3, 0.4) is 0 Å². The van der Waals surface area contributed by atoms with Crippen LogP contribution in [0.15, 0.2) is 42.5 Å². The number of benzene rings is 2. The van der Waals surface area contributed by atoms with E-state index in [1.54, 1.807) is 7.11 Å². The van der Waals surface area contributed by atoms with Crippen molar-refractivity contribution in [3.63, 3.8) is 0 Å². The Morgan fingerprint density at radius 2 is 1.77 bits per heavy atom. The Morgan fingerprint density at radius 3 is 2.37 bits per heavy atom. The van der Waals surface area contributed by atoms with Crippen LogP contribution in [0.1, 0.15) is 28.8 Å². The topological polar surface area (TPSA) is 66.0 Å². The predicted molar refractivity (Wildman–Crippen MR) is 107 cm³/mol. The molecule has 1 aliphatic heterocycles. The summed E-state index contributed by atoms with van der Waals surface area (Å²) in [5, 5.41) is 2.94. The van der Waals surface area contributed by atoms with Gasteiger partial charge in [0.15, 0.2) is 11.5 Å². The Morgan fingerprint density at radius 1 is 1.07 bits per heavy atom. The van der Waals surface area contributed by atoms with Crippen LogP contribution >= 0.6 is 0 Å². The average Bonchev–Trinajstić information content (AvgIpc) is 2.77. The molecule has 1 amide bonds. The van der Waals surface area contributed by atoms with Crippen LogP contribution in [0.2, 0.25) is 0 Å². The van der Waals surface area contributed by atoms with Crippen molar-refractivity contribution in [3.05, 3.63) is 53.6 Å². The minimum absolute atomic E-state index is 0.131. The number of carbonyl (C=O) groups is 1. The Bertz CT molecular complexity index is 851. The summed E-state index contributed by atoms with van der Waals surface area (Å²) in [6, 6.07) is 12.0. The van der Waals surface area contributed by atoms with Gasteiger partial charge in [0, 0.05) is 30.7 Å². The molecule has 1 fully saturated rings. The zero-order valence-corrected chi connectivity index (χ0v) is 17.0. The molecule has 0 saturated carbocycles. The monoisotopic (exact) mass is 421 g/mol. The molecule has 0 aliphatic carbocycles. The van der Waals surface area contributed by atoms with Crippen LogP contribution in [-0.2, 0) is 10.2 Å². The molecule has 6 nitrogen and oxygen atoms in total. The summed E-state index contributed by atoms with van der Waals surface area (Å²) in [5.74, 6) is 0.327. The van der Waals surface area contributed by atoms with Crippen LogP contribution in [0.4, 0.5) is 8.78 Å². The van der Waals surface area contributed by atoms with Gasteiger partial charge in [-0.25, -0.2) is 0 Å². The van der Waals surface area contributed by atoms with Gasteiger partial charge in [-0.3, -0.25) is 4.79 Å². The molecule has 2 aromatic rings. The van der Waals surface area contributed by atoms with E-state index in [9.17, 15) is 13.6 Å². The number of alkyl halides is 2. The highest BCUT2D eigenvalue weighted by molar-refractivity contribution is 5.95. The SMILES string of the molecule is COc1ccc(C2(CNC(=O)c3ccc(OC)c(OC(F)F)c3)CCOCC2)cc1. The van der Waals surface area contributed by atoms with Crippen molar-refractivity contribution in [3.8, 4) is 17.2 Å². The van der Waals surface area contributed by atoms with Crippen LogP contribution in [0.5, 0.6) is 17.2 Å². The molecule has 8 heteroatoms. The highest BCUT2D eigenvalue weighted by atomic mass is 19.3. The molecule has 0 spiro atoms. The van der Waals surface area contributed by atoms with Crippen LogP contribution in [0, 0.1) is 0 Å². The summed E-state index contributed by atoms with van der Waals surface area (Å²) in [6.07, 6.45) is 1.50. The fraction of sp³-hybridized carbons (Fsp3) is 0.409. The van der Waals surface area contributed by atoms with Gasteiger partial charge in [-0.2, -0.15) is 8.78 Å². The maximum atomic E-state index is 12.8. The molecular weight excluding hydrogens is 396 g/mol. The smallest absolute Gasteiger partial charge is 0.387 e. The molecule has 2 aromatic carbocycles. The number of methoxy groups -OCH3 is 2. The van der Waals surface area contributed by atoms with Gasteiger partial charge in [0.25, 0.3) is 5.91 Å². The van der Waals surface area contributed by atoms with E-state index in [0.29, 0.717) is 19.8 Å². The lowest BCUT2D eigenvalue weighted by Crippen LogP contribution is -2.44. The van der Waals surface area contributed by atoms with Gasteiger partial charge in [-0.1, -0.05) is 12.1 Å². The lowest BCUT2D eigenvalue weighted by atomic mass is 9.74. The van der Waals surface area contributed by atoms with E-state index in [1.165, 1.54) is 25.3 Å². The first-order valence-electron chi connectivity index (χ1n) is 9.61. The van der Waals surface area contributed by atoms with Gasteiger partial charge >= 0.3 is 6.61 Å². The van der Waals surface area contributed by atoms with Crippen molar-refractivity contribution in [2.45, 2.75) is 24.9 Å². The predicted octanol–water partition coefficient (Wildman–Crippen LogP) is 3.78. The van der Waals surface area contributed by atoms with Gasteiger partial charge < -0.3 is 24.3 Å². The first-order valence-corrected chi connectivity index (χ1v) is 9.61. The Hall–Kier alpha value is -2.87. The number of hydrogen-bond acceptors (Lipinski definition) is 5. The minimum atomic E-state index is -3.02. The van der Waals surface area contributed by atoms with Crippen molar-refractivity contribution in [2.24, 2.45) is 0 Å². The van der Waals surface area contributed by atoms with E-state index < -0.39 is 6.61 Å². The number of hydrogen-bond donors (Lipinski definition) is 1. The molecule has 162 valence electrons. The van der Waals surface area contributed by atoms with Crippen molar-refractivity contribution in [1.29, 1.82) is 0 Å². The zero-order valence-electron chi connectivity index (χ0n) is 17.0. The highest BCUT2D eigenvalue weighted by Crippen LogP contribution is 2.35. The Kier molecular flexibility index (Phi) is 7.10. The van der Waals surface area contributed by atoms with Gasteiger partial charge in [0.2, 0.25) is 0 Å². The summed E-state index contributed by atoms with van der Waals surface area (Å²) >= 11 is 0. The molecular formula is C22H25F2NO5. The summed E-state index contributed by atoms with van der Waals surface area (Å²) < 4.78 is 45.5. The first kappa shape index (κ1) is 21.8. The van der Waals surface area contributed by atoms with E-state index in [1.807, 2.05) is 24.3 Å². The van der Waals surface area contributed by atoms with Crippen molar-refractivity contribution < 1.29 is 32.5 Å². The number of amides is 1. The average molecular weight is 421 g/mol. The van der Waals surface area contributed by atoms with Crippen LogP contribution in [-0.4, -0.2) is 46.5 Å². The third-order valence-corrected chi connectivity index (χ3v) is 5.38. The summed E-state index contributed by atoms with van der Waals surface area (Å²) in [5.41, 5.74) is 1.02. The number of carbonyl (C=O) groups excluding carboxylic acids is 1. The molecule has 0 aromatic heterocycles. The molecule has 0 atom stereocenters. The van der Waals surface area contributed by atoms with E-state index in [2.05, 4.69) is 10.1 Å². The fourth-order valence-corrected chi connectivity index (χ4v) is 3.63. The molecule has 1 heterocycles. The van der Waals surface area contributed by atoms with Gasteiger partial charge in [-0.15, -0.1) is 0 Å². The lowest BCUT2D eigenvalue weighted by molar-refractivity contribution is -0.0512. The van der Waals surface area contributed by atoms with Crippen LogP contribution in [0.25, 0.3) is 0 Å². The van der Waals surface area contributed by atoms with E-state index in [0.717, 1.165) is 24.2 Å². The third kappa shape index (κ3) is 4.99. The molecule has 1 N–H and O–H groups in total. The van der Waals surface area contributed by atoms with E-state index in [4.69, 9.17) is 14.2 Å². The molecule has 0 unspecified atom stereocenters. The quantitative estimate of drug-likeness (QED) is 0.703. The minimum Gasteiger partial charge on any atom is -0.497 e. The maximum absolute atomic E-state index is 12.8. The van der Waals surface area contributed by atoms with E-state index in [-0.39, 0.29) is 28.4 Å². The van der Waals surface area contributed by atoms with Crippen molar-refractivity contribution in [2.75, 3.05) is 34.0 Å². The zero-order chi connectivity index (χ0) is 21.6. The second-order valence-electron chi connectivity index (χ2n) is 7.05. The summed E-state index contributed by atoms with van der Waals surface area (Å²) in [6.45, 7) is -1.44. The van der Waals surface area contributed by atoms with E-state index >= 15 is 0 Å². The molecule has 30 heavy (non-hydrogen) atoms. The summed E-state index contributed by atoms with van der Waals surface area (Å²) in [7, 11) is 2.96. The third-order valence-electron chi connectivity index (χ3n) is 5.38. The standard InChI is InChI=1S/C22H25F2NO5/c1-27-17-6-4-16(5-7-17)22(9-11-29-12-10-22)14-25-20(26)15-3-8-18(28-2)19(13-15)30-21(23)24/h3-8,13,21H,9-12,14H2,1-2H3,(H,25,26). The highest BCUT2D eigenvalue weighted by Gasteiger charge is 2.35. The largest absolute Gasteiger partial charge is 0.497 e. The number of rotatable bonds is 8. The molecule has 3 rings (SSSR count). The van der Waals surface area contributed by atoms with Gasteiger partial charge in [0.05, 0.1) is 14.2 Å². The van der Waals surface area contributed by atoms with Gasteiger partial charge in [0.1, 0.15) is 5.75 Å². The molecule has 1 saturated heterocycles. The maximum Gasteiger partial charge on any atom is 0.387 e. The normalized spacial score (nSPS) is 15.5. The number of halogens is 2. The number of nitrogens with one attached hydrogen (secondary N) is 1. The Labute approximate surface area is 174 Å². The molecule has 0 radical (unpaired) electrons. The van der Waals surface area contributed by atoms with Gasteiger partial charge in [-0.05, 0) is 48.7 Å².